The standard InChI is InChI=1S/C21H30N8S/c1-14-23-18-19(24-15-6-8-17(9-7-15)29-10-4-3-5-11-29)26-21(27-20(18)30-14)25-16-12-22-28(2)13-16/h12-13,15,17H,3-11H2,1-2H3,(H2,24,25,26,27)/t15-,17-/i1D3. The van der Waals surface area contributed by atoms with Gasteiger partial charge in [0.05, 0.1) is 16.9 Å². The van der Waals surface area contributed by atoms with Gasteiger partial charge >= 0.3 is 0 Å². The lowest BCUT2D eigenvalue weighted by Crippen LogP contribution is -2.43. The highest BCUT2D eigenvalue weighted by molar-refractivity contribution is 7.18. The van der Waals surface area contributed by atoms with Crippen LogP contribution in [0.3, 0.4) is 0 Å². The zero-order valence-electron chi connectivity index (χ0n) is 20.3. The Labute approximate surface area is 185 Å². The molecule has 0 bridgehead atoms. The molecule has 5 rings (SSSR count). The van der Waals surface area contributed by atoms with Crippen LogP contribution in [-0.4, -0.2) is 54.8 Å². The number of hydrogen-bond donors (Lipinski definition) is 2. The Morgan fingerprint density at radius 1 is 1.10 bits per heavy atom. The Morgan fingerprint density at radius 3 is 2.67 bits per heavy atom. The van der Waals surface area contributed by atoms with Gasteiger partial charge in [-0.2, -0.15) is 15.1 Å². The van der Waals surface area contributed by atoms with Crippen LogP contribution in [0.1, 0.15) is 54.1 Å². The highest BCUT2D eigenvalue weighted by Crippen LogP contribution is 2.31. The van der Waals surface area contributed by atoms with Crippen molar-refractivity contribution in [1.29, 1.82) is 0 Å². The molecule has 0 amide bonds. The lowest BCUT2D eigenvalue weighted by Gasteiger charge is -2.39. The first-order valence-corrected chi connectivity index (χ1v) is 11.6. The number of nitrogens with zero attached hydrogens (tertiary/aromatic N) is 6. The molecule has 160 valence electrons. The smallest absolute Gasteiger partial charge is 0.230 e. The number of aromatic nitrogens is 5. The summed E-state index contributed by atoms with van der Waals surface area (Å²) in [4.78, 5) is 16.9. The zero-order valence-corrected chi connectivity index (χ0v) is 18.1. The van der Waals surface area contributed by atoms with Crippen molar-refractivity contribution in [1.82, 2.24) is 29.6 Å². The van der Waals surface area contributed by atoms with Gasteiger partial charge in [0, 0.05) is 29.4 Å². The molecule has 0 aromatic carbocycles. The molecule has 0 radical (unpaired) electrons. The van der Waals surface area contributed by atoms with E-state index in [4.69, 9.17) is 4.11 Å². The fraction of sp³-hybridized carbons (Fsp3) is 0.619. The minimum absolute atomic E-state index is 0.0854. The third kappa shape index (κ3) is 4.27. The van der Waals surface area contributed by atoms with Crippen LogP contribution >= 0.6 is 11.3 Å². The van der Waals surface area contributed by atoms with Crippen LogP contribution in [0.4, 0.5) is 17.5 Å². The summed E-state index contributed by atoms with van der Waals surface area (Å²) in [5.41, 5.74) is 1.30. The molecule has 1 saturated heterocycles. The molecule has 4 heterocycles. The summed E-state index contributed by atoms with van der Waals surface area (Å²) in [6.45, 7) is 0.191. The van der Waals surface area contributed by atoms with Crippen LogP contribution in [0.2, 0.25) is 0 Å². The molecule has 1 saturated carbocycles. The Balaban J connectivity index is 1.36. The van der Waals surface area contributed by atoms with Gasteiger partial charge in [0.15, 0.2) is 10.6 Å². The molecule has 0 unspecified atom stereocenters. The lowest BCUT2D eigenvalue weighted by atomic mass is 9.89. The number of likely N-dealkylation sites (tertiary alicyclic amines) is 1. The SMILES string of the molecule is [2H]C([2H])([2H])c1nc2c(N[C@H]3CC[C@H](N4CCCCC4)CC3)nc(Nc3cnn(C)c3)nc2s1. The number of rotatable bonds is 5. The maximum absolute atomic E-state index is 7.77. The van der Waals surface area contributed by atoms with Gasteiger partial charge < -0.3 is 15.5 Å². The molecule has 9 heteroatoms. The highest BCUT2D eigenvalue weighted by Gasteiger charge is 2.27. The fourth-order valence-electron chi connectivity index (χ4n) is 4.66. The Morgan fingerprint density at radius 2 is 1.93 bits per heavy atom. The van der Waals surface area contributed by atoms with Crippen LogP contribution in [0.25, 0.3) is 10.3 Å². The normalized spacial score (nSPS) is 24.9. The van der Waals surface area contributed by atoms with E-state index in [1.165, 1.54) is 45.2 Å². The third-order valence-corrected chi connectivity index (χ3v) is 6.93. The van der Waals surface area contributed by atoms with Crippen molar-refractivity contribution in [2.45, 2.75) is 63.9 Å². The van der Waals surface area contributed by atoms with E-state index in [0.717, 1.165) is 29.9 Å². The molecule has 0 atom stereocenters. The number of piperidine rings is 1. The van der Waals surface area contributed by atoms with E-state index in [9.17, 15) is 0 Å². The molecule has 3 aromatic rings. The number of hydrogen-bond acceptors (Lipinski definition) is 8. The quantitative estimate of drug-likeness (QED) is 0.632. The van der Waals surface area contributed by atoms with Crippen LogP contribution in [0.5, 0.6) is 0 Å². The molecule has 1 aliphatic heterocycles. The van der Waals surface area contributed by atoms with Crippen LogP contribution in [-0.2, 0) is 7.05 Å². The molecule has 8 nitrogen and oxygen atoms in total. The molecule has 2 N–H and O–H groups in total. The maximum Gasteiger partial charge on any atom is 0.230 e. The summed E-state index contributed by atoms with van der Waals surface area (Å²) in [6.07, 6.45) is 12.0. The van der Waals surface area contributed by atoms with Gasteiger partial charge in [-0.25, -0.2) is 4.98 Å². The van der Waals surface area contributed by atoms with E-state index < -0.39 is 6.85 Å². The molecule has 30 heavy (non-hydrogen) atoms. The van der Waals surface area contributed by atoms with Gasteiger partial charge in [0.1, 0.15) is 5.52 Å². The largest absolute Gasteiger partial charge is 0.365 e. The van der Waals surface area contributed by atoms with E-state index in [0.29, 0.717) is 28.2 Å². The van der Waals surface area contributed by atoms with Crippen molar-refractivity contribution in [2.75, 3.05) is 23.7 Å². The topological polar surface area (TPSA) is 83.8 Å². The number of nitrogens with one attached hydrogen (secondary N) is 2. The summed E-state index contributed by atoms with van der Waals surface area (Å²) < 4.78 is 25.0. The first-order valence-electron chi connectivity index (χ1n) is 12.3. The number of thiazole rings is 1. The minimum Gasteiger partial charge on any atom is -0.365 e. The summed E-state index contributed by atoms with van der Waals surface area (Å²) >= 11 is 1.10. The second kappa shape index (κ2) is 8.47. The van der Waals surface area contributed by atoms with Crippen molar-refractivity contribution in [3.63, 3.8) is 0 Å². The number of fused-ring (bicyclic) bond motifs is 1. The van der Waals surface area contributed by atoms with Crippen LogP contribution in [0.15, 0.2) is 12.4 Å². The van der Waals surface area contributed by atoms with Gasteiger partial charge in [0.25, 0.3) is 0 Å². The second-order valence-corrected chi connectivity index (χ2v) is 9.32. The van der Waals surface area contributed by atoms with Crippen molar-refractivity contribution in [2.24, 2.45) is 7.05 Å². The Bertz CT molecular complexity index is 1100. The van der Waals surface area contributed by atoms with Gasteiger partial charge in [-0.05, 0) is 58.5 Å². The monoisotopic (exact) mass is 429 g/mol. The average Bonchev–Trinajstić information content (AvgIpc) is 3.41. The predicted molar refractivity (Wildman–Crippen MR) is 122 cm³/mol. The van der Waals surface area contributed by atoms with Gasteiger partial charge in [-0.1, -0.05) is 17.8 Å². The number of aryl methyl sites for hydroxylation is 2. The summed E-state index contributed by atoms with van der Waals surface area (Å²) in [5, 5.41) is 11.0. The van der Waals surface area contributed by atoms with E-state index in [1.807, 2.05) is 13.2 Å². The third-order valence-electron chi connectivity index (χ3n) is 6.16. The van der Waals surface area contributed by atoms with Gasteiger partial charge in [-0.15, -0.1) is 0 Å². The van der Waals surface area contributed by atoms with Crippen molar-refractivity contribution >= 4 is 39.1 Å². The highest BCUT2D eigenvalue weighted by atomic mass is 32.1. The fourth-order valence-corrected chi connectivity index (χ4v) is 5.35. The minimum atomic E-state index is -2.27. The van der Waals surface area contributed by atoms with Crippen molar-refractivity contribution in [3.05, 3.63) is 17.4 Å². The van der Waals surface area contributed by atoms with E-state index in [-0.39, 0.29) is 11.0 Å². The summed E-state index contributed by atoms with van der Waals surface area (Å²) in [5.74, 6) is 1.00. The number of anilines is 3. The zero-order chi connectivity index (χ0) is 23.0. The molecular weight excluding hydrogens is 396 g/mol. The van der Waals surface area contributed by atoms with Gasteiger partial charge in [-0.3, -0.25) is 4.68 Å². The van der Waals surface area contributed by atoms with E-state index in [1.54, 1.807) is 10.9 Å². The summed E-state index contributed by atoms with van der Waals surface area (Å²) in [7, 11) is 1.84. The second-order valence-electron chi connectivity index (χ2n) is 8.34. The van der Waals surface area contributed by atoms with E-state index in [2.05, 4.69) is 35.6 Å². The summed E-state index contributed by atoms with van der Waals surface area (Å²) in [6, 6.07) is 0.964. The molecule has 2 aliphatic rings. The first-order chi connectivity index (χ1) is 15.8. The molecule has 1 aliphatic carbocycles. The van der Waals surface area contributed by atoms with Crippen molar-refractivity contribution < 1.29 is 4.11 Å². The average molecular weight is 430 g/mol. The van der Waals surface area contributed by atoms with Crippen molar-refractivity contribution in [3.8, 4) is 0 Å². The van der Waals surface area contributed by atoms with Crippen LogP contribution < -0.4 is 10.6 Å². The molecule has 0 spiro atoms. The first kappa shape index (κ1) is 16.4. The predicted octanol–water partition coefficient (Wildman–Crippen LogP) is 4.08. The lowest BCUT2D eigenvalue weighted by molar-refractivity contribution is 0.127. The Hall–Kier alpha value is -2.26. The van der Waals surface area contributed by atoms with Gasteiger partial charge in [0.2, 0.25) is 5.95 Å². The molecule has 2 fully saturated rings. The van der Waals surface area contributed by atoms with E-state index >= 15 is 0 Å². The Kier molecular flexibility index (Phi) is 4.64. The molecular formula is C21H30N8S. The molecule has 3 aromatic heterocycles. The maximum atomic E-state index is 7.77. The van der Waals surface area contributed by atoms with Crippen LogP contribution in [0, 0.1) is 6.85 Å².